The zero-order valence-corrected chi connectivity index (χ0v) is 13.1. The highest BCUT2D eigenvalue weighted by Gasteiger charge is 2.14. The van der Waals surface area contributed by atoms with Crippen molar-refractivity contribution in [2.24, 2.45) is 0 Å². The quantitative estimate of drug-likeness (QED) is 0.840. The Bertz CT molecular complexity index is 489. The molecule has 1 nitrogen and oxygen atoms in total. The van der Waals surface area contributed by atoms with Crippen LogP contribution in [-0.4, -0.2) is 6.54 Å². The van der Waals surface area contributed by atoms with Gasteiger partial charge in [-0.05, 0) is 59.5 Å². The van der Waals surface area contributed by atoms with Gasteiger partial charge in [0.2, 0.25) is 0 Å². The monoisotopic (exact) mass is 323 g/mol. The maximum Gasteiger partial charge on any atom is 0.0371 e. The molecule has 1 unspecified atom stereocenters. The Morgan fingerprint density at radius 3 is 2.50 bits per heavy atom. The zero-order chi connectivity index (χ0) is 13.0. The average Bonchev–Trinajstić information content (AvgIpc) is 2.78. The lowest BCUT2D eigenvalue weighted by Crippen LogP contribution is -2.23. The van der Waals surface area contributed by atoms with E-state index in [9.17, 15) is 0 Å². The average molecular weight is 324 g/mol. The molecule has 3 heteroatoms. The Morgan fingerprint density at radius 2 is 1.94 bits per heavy atom. The summed E-state index contributed by atoms with van der Waals surface area (Å²) < 4.78 is 1.14. The first-order valence-corrected chi connectivity index (χ1v) is 7.94. The van der Waals surface area contributed by atoms with Crippen LogP contribution in [0, 0.1) is 6.92 Å². The van der Waals surface area contributed by atoms with E-state index in [4.69, 9.17) is 0 Å². The molecule has 0 spiro atoms. The van der Waals surface area contributed by atoms with Crippen molar-refractivity contribution in [3.05, 3.63) is 56.2 Å². The predicted molar refractivity (Wildman–Crippen MR) is 83.3 cm³/mol. The van der Waals surface area contributed by atoms with Gasteiger partial charge in [-0.3, -0.25) is 0 Å². The van der Waals surface area contributed by atoms with Crippen LogP contribution >= 0.6 is 27.3 Å². The van der Waals surface area contributed by atoms with Crippen molar-refractivity contribution >= 4 is 27.3 Å². The van der Waals surface area contributed by atoms with Crippen molar-refractivity contribution in [3.8, 4) is 0 Å². The van der Waals surface area contributed by atoms with E-state index in [2.05, 4.69) is 70.1 Å². The molecule has 0 saturated heterocycles. The molecule has 0 aliphatic heterocycles. The molecule has 2 rings (SSSR count). The molecule has 1 N–H and O–H groups in total. The van der Waals surface area contributed by atoms with Crippen LogP contribution in [0.1, 0.15) is 29.7 Å². The smallest absolute Gasteiger partial charge is 0.0371 e. The predicted octanol–water partition coefficient (Wildman–Crippen LogP) is 4.71. The Morgan fingerprint density at radius 1 is 1.22 bits per heavy atom. The van der Waals surface area contributed by atoms with Gasteiger partial charge in [0.05, 0.1) is 0 Å². The Kier molecular flexibility index (Phi) is 4.98. The van der Waals surface area contributed by atoms with E-state index in [0.29, 0.717) is 6.04 Å². The summed E-state index contributed by atoms with van der Waals surface area (Å²) >= 11 is 5.26. The third-order valence-corrected chi connectivity index (χ3v) is 4.48. The third-order valence-electron chi connectivity index (χ3n) is 3.07. The summed E-state index contributed by atoms with van der Waals surface area (Å²) in [6.07, 6.45) is 1.04. The molecule has 18 heavy (non-hydrogen) atoms. The van der Waals surface area contributed by atoms with Crippen LogP contribution in [0.25, 0.3) is 0 Å². The summed E-state index contributed by atoms with van der Waals surface area (Å²) in [4.78, 5) is 0. The molecular weight excluding hydrogens is 306 g/mol. The summed E-state index contributed by atoms with van der Waals surface area (Å²) in [7, 11) is 0. The van der Waals surface area contributed by atoms with Crippen molar-refractivity contribution in [1.29, 1.82) is 0 Å². The van der Waals surface area contributed by atoms with Crippen molar-refractivity contribution < 1.29 is 0 Å². The fraction of sp³-hybridized carbons (Fsp3) is 0.333. The van der Waals surface area contributed by atoms with Crippen LogP contribution in [0.2, 0.25) is 0 Å². The molecule has 0 bridgehead atoms. The van der Waals surface area contributed by atoms with Crippen LogP contribution in [0.4, 0.5) is 0 Å². The molecule has 0 fully saturated rings. The molecule has 0 aliphatic carbocycles. The highest BCUT2D eigenvalue weighted by Crippen LogP contribution is 2.25. The summed E-state index contributed by atoms with van der Waals surface area (Å²) in [5.41, 5.74) is 4.20. The van der Waals surface area contributed by atoms with Gasteiger partial charge in [0, 0.05) is 10.5 Å². The Labute approximate surface area is 121 Å². The van der Waals surface area contributed by atoms with Gasteiger partial charge in [-0.15, -0.1) is 0 Å². The molecular formula is C15H18BrNS. The lowest BCUT2D eigenvalue weighted by Gasteiger charge is -2.18. The maximum atomic E-state index is 3.58. The number of thiophene rings is 1. The van der Waals surface area contributed by atoms with Gasteiger partial charge in [-0.1, -0.05) is 35.0 Å². The second-order valence-electron chi connectivity index (χ2n) is 4.45. The van der Waals surface area contributed by atoms with Gasteiger partial charge < -0.3 is 5.32 Å². The SMILES string of the molecule is CCNC(Cc1ccc(Br)cc1)c1cscc1C. The lowest BCUT2D eigenvalue weighted by molar-refractivity contribution is 0.549. The molecule has 96 valence electrons. The van der Waals surface area contributed by atoms with Gasteiger partial charge in [-0.25, -0.2) is 0 Å². The van der Waals surface area contributed by atoms with E-state index in [1.807, 2.05) is 0 Å². The minimum absolute atomic E-state index is 0.419. The summed E-state index contributed by atoms with van der Waals surface area (Å²) in [5.74, 6) is 0. The molecule has 1 aromatic heterocycles. The number of likely N-dealkylation sites (N-methyl/N-ethyl adjacent to an activating group) is 1. The molecule has 1 atom stereocenters. The number of hydrogen-bond acceptors (Lipinski definition) is 2. The highest BCUT2D eigenvalue weighted by molar-refractivity contribution is 9.10. The van der Waals surface area contributed by atoms with Crippen molar-refractivity contribution in [1.82, 2.24) is 5.32 Å². The molecule has 0 amide bonds. The van der Waals surface area contributed by atoms with E-state index in [0.717, 1.165) is 17.4 Å². The molecule has 2 aromatic rings. The van der Waals surface area contributed by atoms with Gasteiger partial charge in [0.25, 0.3) is 0 Å². The first-order chi connectivity index (χ1) is 8.70. The van der Waals surface area contributed by atoms with Crippen LogP contribution in [0.5, 0.6) is 0 Å². The van der Waals surface area contributed by atoms with Crippen molar-refractivity contribution in [2.45, 2.75) is 26.3 Å². The second kappa shape index (κ2) is 6.50. The van der Waals surface area contributed by atoms with E-state index in [1.165, 1.54) is 16.7 Å². The van der Waals surface area contributed by atoms with Crippen LogP contribution in [0.15, 0.2) is 39.5 Å². The van der Waals surface area contributed by atoms with Gasteiger partial charge >= 0.3 is 0 Å². The van der Waals surface area contributed by atoms with Crippen LogP contribution in [-0.2, 0) is 6.42 Å². The van der Waals surface area contributed by atoms with E-state index in [-0.39, 0.29) is 0 Å². The largest absolute Gasteiger partial charge is 0.310 e. The van der Waals surface area contributed by atoms with E-state index >= 15 is 0 Å². The molecule has 0 aliphatic rings. The topological polar surface area (TPSA) is 12.0 Å². The number of hydrogen-bond donors (Lipinski definition) is 1. The zero-order valence-electron chi connectivity index (χ0n) is 10.7. The minimum atomic E-state index is 0.419. The minimum Gasteiger partial charge on any atom is -0.310 e. The van der Waals surface area contributed by atoms with E-state index < -0.39 is 0 Å². The summed E-state index contributed by atoms with van der Waals surface area (Å²) in [6.45, 7) is 5.35. The van der Waals surface area contributed by atoms with Crippen molar-refractivity contribution in [3.63, 3.8) is 0 Å². The van der Waals surface area contributed by atoms with Crippen molar-refractivity contribution in [2.75, 3.05) is 6.54 Å². The van der Waals surface area contributed by atoms with Gasteiger partial charge in [-0.2, -0.15) is 11.3 Å². The van der Waals surface area contributed by atoms with Crippen LogP contribution in [0.3, 0.4) is 0 Å². The molecule has 1 heterocycles. The first kappa shape index (κ1) is 13.8. The number of benzene rings is 1. The Hall–Kier alpha value is -0.640. The Balaban J connectivity index is 2.16. The summed E-state index contributed by atoms with van der Waals surface area (Å²) in [5, 5.41) is 8.07. The number of aryl methyl sites for hydroxylation is 1. The summed E-state index contributed by atoms with van der Waals surface area (Å²) in [6, 6.07) is 9.02. The molecule has 0 saturated carbocycles. The highest BCUT2D eigenvalue weighted by atomic mass is 79.9. The normalized spacial score (nSPS) is 12.6. The van der Waals surface area contributed by atoms with Gasteiger partial charge in [0.1, 0.15) is 0 Å². The standard InChI is InChI=1S/C15H18BrNS/c1-3-17-15(14-10-18-9-11(14)2)8-12-4-6-13(16)7-5-12/h4-7,9-10,15,17H,3,8H2,1-2H3. The lowest BCUT2D eigenvalue weighted by atomic mass is 9.98. The molecule has 1 aromatic carbocycles. The number of halogens is 1. The first-order valence-electron chi connectivity index (χ1n) is 6.21. The van der Waals surface area contributed by atoms with Gasteiger partial charge in [0.15, 0.2) is 0 Å². The molecule has 0 radical (unpaired) electrons. The number of rotatable bonds is 5. The third kappa shape index (κ3) is 3.44. The fourth-order valence-electron chi connectivity index (χ4n) is 2.12. The van der Waals surface area contributed by atoms with E-state index in [1.54, 1.807) is 11.3 Å². The van der Waals surface area contributed by atoms with Crippen LogP contribution < -0.4 is 5.32 Å². The fourth-order valence-corrected chi connectivity index (χ4v) is 3.29. The number of nitrogens with one attached hydrogen (secondary N) is 1. The maximum absolute atomic E-state index is 3.58. The second-order valence-corrected chi connectivity index (χ2v) is 6.11.